The van der Waals surface area contributed by atoms with Gasteiger partial charge in [-0.1, -0.05) is 0 Å². The normalized spacial score (nSPS) is 11.9. The quantitative estimate of drug-likeness (QED) is 0.619. The number of carbonyl (C=O) groups is 1. The Morgan fingerprint density at radius 3 is 2.47 bits per heavy atom. The van der Waals surface area contributed by atoms with Crippen molar-refractivity contribution in [1.82, 2.24) is 0 Å². The molecule has 0 saturated carbocycles. The minimum absolute atomic E-state index is 0.0380. The van der Waals surface area contributed by atoms with Gasteiger partial charge in [-0.25, -0.2) is 0 Å². The lowest BCUT2D eigenvalue weighted by Crippen LogP contribution is -2.25. The number of aryl methyl sites for hydroxylation is 2. The number of hydrogen-bond donors (Lipinski definition) is 2. The summed E-state index contributed by atoms with van der Waals surface area (Å²) in [4.78, 5) is 21.0. The molecule has 0 bridgehead atoms. The lowest BCUT2D eigenvalue weighted by atomic mass is 10.1. The fraction of sp³-hybridized carbons (Fsp3) is 0.364. The number of carboxylic acid groups (broad SMARTS) is 1. The van der Waals surface area contributed by atoms with Crippen LogP contribution in [-0.2, 0) is 4.79 Å². The summed E-state index contributed by atoms with van der Waals surface area (Å²) < 4.78 is 0. The molecule has 0 saturated heterocycles. The van der Waals surface area contributed by atoms with E-state index in [4.69, 9.17) is 5.11 Å². The van der Waals surface area contributed by atoms with Gasteiger partial charge in [0.1, 0.15) is 6.04 Å². The molecule has 92 valence electrons. The second kappa shape index (κ2) is 4.82. The van der Waals surface area contributed by atoms with Gasteiger partial charge in [0.25, 0.3) is 5.69 Å². The first-order valence-corrected chi connectivity index (χ1v) is 5.08. The lowest BCUT2D eigenvalue weighted by molar-refractivity contribution is -0.385. The van der Waals surface area contributed by atoms with Gasteiger partial charge in [0.05, 0.1) is 4.92 Å². The van der Waals surface area contributed by atoms with E-state index < -0.39 is 16.9 Å². The number of aliphatic carboxylic acids is 1. The van der Waals surface area contributed by atoms with Crippen LogP contribution in [0.1, 0.15) is 18.1 Å². The van der Waals surface area contributed by atoms with Crippen LogP contribution >= 0.6 is 0 Å². The summed E-state index contributed by atoms with van der Waals surface area (Å²) in [6.45, 7) is 4.83. The maximum atomic E-state index is 10.7. The van der Waals surface area contributed by atoms with E-state index in [9.17, 15) is 14.9 Å². The molecule has 6 nitrogen and oxygen atoms in total. The first kappa shape index (κ1) is 13.0. The second-order valence-corrected chi connectivity index (χ2v) is 3.91. The van der Waals surface area contributed by atoms with Gasteiger partial charge in [-0.3, -0.25) is 14.9 Å². The summed E-state index contributed by atoms with van der Waals surface area (Å²) in [6.07, 6.45) is 0. The minimum atomic E-state index is -0.972. The van der Waals surface area contributed by atoms with E-state index in [1.54, 1.807) is 19.9 Å². The van der Waals surface area contributed by atoms with Gasteiger partial charge < -0.3 is 10.4 Å². The molecule has 17 heavy (non-hydrogen) atoms. The zero-order valence-electron chi connectivity index (χ0n) is 9.85. The van der Waals surface area contributed by atoms with Crippen molar-refractivity contribution in [3.8, 4) is 0 Å². The highest BCUT2D eigenvalue weighted by Crippen LogP contribution is 2.26. The Kier molecular flexibility index (Phi) is 3.67. The van der Waals surface area contributed by atoms with Crippen molar-refractivity contribution in [3.63, 3.8) is 0 Å². The van der Waals surface area contributed by atoms with Crippen LogP contribution in [-0.4, -0.2) is 22.0 Å². The summed E-state index contributed by atoms with van der Waals surface area (Å²) >= 11 is 0. The largest absolute Gasteiger partial charge is 0.480 e. The molecule has 0 aliphatic rings. The predicted octanol–water partition coefficient (Wildman–Crippen LogP) is 2.10. The van der Waals surface area contributed by atoms with Gasteiger partial charge in [-0.05, 0) is 32.4 Å². The van der Waals surface area contributed by atoms with Crippen LogP contribution in [0, 0.1) is 24.0 Å². The Morgan fingerprint density at radius 2 is 2.00 bits per heavy atom. The van der Waals surface area contributed by atoms with Gasteiger partial charge in [-0.15, -0.1) is 0 Å². The summed E-state index contributed by atoms with van der Waals surface area (Å²) in [5.74, 6) is -0.972. The Balaban J connectivity index is 3.08. The fourth-order valence-corrected chi connectivity index (χ4v) is 1.45. The van der Waals surface area contributed by atoms with Crippen LogP contribution in [0.3, 0.4) is 0 Å². The monoisotopic (exact) mass is 238 g/mol. The average Bonchev–Trinajstić information content (AvgIpc) is 2.22. The van der Waals surface area contributed by atoms with E-state index in [-0.39, 0.29) is 5.69 Å². The van der Waals surface area contributed by atoms with Crippen molar-refractivity contribution in [2.24, 2.45) is 0 Å². The third kappa shape index (κ3) is 2.93. The molecule has 0 aliphatic heterocycles. The zero-order valence-corrected chi connectivity index (χ0v) is 9.85. The third-order valence-electron chi connectivity index (χ3n) is 2.48. The number of nitro benzene ring substituents is 1. The Labute approximate surface area is 98.4 Å². The first-order valence-electron chi connectivity index (χ1n) is 5.08. The van der Waals surface area contributed by atoms with Crippen LogP contribution in [0.2, 0.25) is 0 Å². The summed E-state index contributed by atoms with van der Waals surface area (Å²) in [7, 11) is 0. The molecule has 0 heterocycles. The van der Waals surface area contributed by atoms with Crippen LogP contribution in [0.25, 0.3) is 0 Å². The topological polar surface area (TPSA) is 92.5 Å². The highest BCUT2D eigenvalue weighted by atomic mass is 16.6. The van der Waals surface area contributed by atoms with E-state index in [0.29, 0.717) is 16.8 Å². The average molecular weight is 238 g/mol. The van der Waals surface area contributed by atoms with Crippen molar-refractivity contribution in [3.05, 3.63) is 33.4 Å². The van der Waals surface area contributed by atoms with Crippen LogP contribution in [0.15, 0.2) is 12.1 Å². The molecule has 0 aliphatic carbocycles. The number of anilines is 1. The lowest BCUT2D eigenvalue weighted by Gasteiger charge is -2.14. The molecular formula is C11H14N2O4. The van der Waals surface area contributed by atoms with E-state index in [2.05, 4.69) is 5.32 Å². The van der Waals surface area contributed by atoms with Crippen molar-refractivity contribution in [1.29, 1.82) is 0 Å². The minimum Gasteiger partial charge on any atom is -0.480 e. The zero-order chi connectivity index (χ0) is 13.2. The maximum absolute atomic E-state index is 10.7. The van der Waals surface area contributed by atoms with Crippen LogP contribution in [0.5, 0.6) is 0 Å². The van der Waals surface area contributed by atoms with Gasteiger partial charge >= 0.3 is 5.97 Å². The van der Waals surface area contributed by atoms with E-state index in [1.807, 2.05) is 0 Å². The number of benzene rings is 1. The van der Waals surface area contributed by atoms with Crippen molar-refractivity contribution in [2.75, 3.05) is 5.32 Å². The highest BCUT2D eigenvalue weighted by Gasteiger charge is 2.16. The molecule has 6 heteroatoms. The van der Waals surface area contributed by atoms with Gasteiger partial charge in [-0.2, -0.15) is 0 Å². The molecule has 1 rings (SSSR count). The third-order valence-corrected chi connectivity index (χ3v) is 2.48. The molecule has 1 atom stereocenters. The number of hydrogen-bond acceptors (Lipinski definition) is 4. The van der Waals surface area contributed by atoms with E-state index in [1.165, 1.54) is 13.0 Å². The summed E-state index contributed by atoms with van der Waals surface area (Å²) in [5, 5.41) is 22.3. The number of nitro groups is 1. The SMILES string of the molecule is Cc1cc([N+](=O)[O-])c(C)cc1NC(C)C(=O)O. The Bertz CT molecular complexity index is 471. The molecule has 0 radical (unpaired) electrons. The van der Waals surface area contributed by atoms with Crippen LogP contribution < -0.4 is 5.32 Å². The van der Waals surface area contributed by atoms with E-state index >= 15 is 0 Å². The molecule has 1 unspecified atom stereocenters. The molecule has 1 aromatic rings. The molecule has 0 aromatic heterocycles. The number of carboxylic acids is 1. The molecule has 0 amide bonds. The van der Waals surface area contributed by atoms with Gasteiger partial charge in [0.15, 0.2) is 0 Å². The smallest absolute Gasteiger partial charge is 0.325 e. The molecular weight excluding hydrogens is 224 g/mol. The number of nitrogens with zero attached hydrogens (tertiary/aromatic N) is 1. The highest BCUT2D eigenvalue weighted by molar-refractivity contribution is 5.77. The maximum Gasteiger partial charge on any atom is 0.325 e. The summed E-state index contributed by atoms with van der Waals surface area (Å²) in [6, 6.07) is 2.29. The Morgan fingerprint density at radius 1 is 1.41 bits per heavy atom. The summed E-state index contributed by atoms with van der Waals surface area (Å²) in [5.41, 5.74) is 1.79. The molecule has 2 N–H and O–H groups in total. The van der Waals surface area contributed by atoms with Crippen molar-refractivity contribution < 1.29 is 14.8 Å². The standard InChI is InChI=1S/C11H14N2O4/c1-6-5-10(13(16)17)7(2)4-9(6)12-8(3)11(14)15/h4-5,8,12H,1-3H3,(H,14,15). The van der Waals surface area contributed by atoms with Crippen molar-refractivity contribution in [2.45, 2.75) is 26.8 Å². The number of rotatable bonds is 4. The molecule has 0 fully saturated rings. The first-order chi connectivity index (χ1) is 7.82. The van der Waals surface area contributed by atoms with Crippen LogP contribution in [0.4, 0.5) is 11.4 Å². The van der Waals surface area contributed by atoms with Gasteiger partial charge in [0.2, 0.25) is 0 Å². The Hall–Kier alpha value is -2.11. The van der Waals surface area contributed by atoms with Crippen molar-refractivity contribution >= 4 is 17.3 Å². The molecule has 1 aromatic carbocycles. The second-order valence-electron chi connectivity index (χ2n) is 3.91. The van der Waals surface area contributed by atoms with Gasteiger partial charge in [0, 0.05) is 17.3 Å². The van der Waals surface area contributed by atoms with E-state index in [0.717, 1.165) is 0 Å². The number of nitrogens with one attached hydrogen (secondary N) is 1. The fourth-order valence-electron chi connectivity index (χ4n) is 1.45. The predicted molar refractivity (Wildman–Crippen MR) is 63.3 cm³/mol. The molecule has 0 spiro atoms.